The highest BCUT2D eigenvalue weighted by Gasteiger charge is 2.16. The molecule has 1 rings (SSSR count). The minimum absolute atomic E-state index is 0.114. The third-order valence-electron chi connectivity index (χ3n) is 2.09. The van der Waals surface area contributed by atoms with Crippen LogP contribution in [0.2, 0.25) is 0 Å². The normalized spacial score (nSPS) is 11.7. The summed E-state index contributed by atoms with van der Waals surface area (Å²) in [7, 11) is 0. The number of rotatable bonds is 6. The average molecular weight is 229 g/mol. The van der Waals surface area contributed by atoms with Crippen LogP contribution in [0, 0.1) is 5.41 Å². The molecule has 0 aliphatic heterocycles. The molecule has 0 unspecified atom stereocenters. The zero-order valence-electron chi connectivity index (χ0n) is 9.58. The summed E-state index contributed by atoms with van der Waals surface area (Å²) in [5.41, 5.74) is -0.114. The summed E-state index contributed by atoms with van der Waals surface area (Å²) < 4.78 is 4.24. The molecule has 1 aromatic heterocycles. The van der Waals surface area contributed by atoms with E-state index < -0.39 is 0 Å². The van der Waals surface area contributed by atoms with Gasteiger partial charge in [0.1, 0.15) is 5.82 Å². The molecule has 0 saturated heterocycles. The average Bonchev–Trinajstić information content (AvgIpc) is 2.64. The van der Waals surface area contributed by atoms with Gasteiger partial charge in [-0.25, -0.2) is 4.98 Å². The molecule has 0 amide bonds. The Morgan fingerprint density at radius 3 is 2.80 bits per heavy atom. The van der Waals surface area contributed by atoms with E-state index in [1.54, 1.807) is 0 Å². The van der Waals surface area contributed by atoms with Crippen LogP contribution >= 0.6 is 11.5 Å². The molecule has 0 atom stereocenters. The van der Waals surface area contributed by atoms with E-state index in [2.05, 4.69) is 21.6 Å². The second-order valence-electron chi connectivity index (χ2n) is 4.44. The van der Waals surface area contributed by atoms with Crippen molar-refractivity contribution in [1.82, 2.24) is 9.36 Å². The Bertz CT molecular complexity index is 299. The van der Waals surface area contributed by atoms with E-state index in [1.165, 1.54) is 11.5 Å². The third kappa shape index (κ3) is 4.13. The Hall–Kier alpha value is -0.680. The van der Waals surface area contributed by atoms with Crippen LogP contribution in [0.25, 0.3) is 0 Å². The Balaban J connectivity index is 2.44. The lowest BCUT2D eigenvalue weighted by Crippen LogP contribution is -2.26. The maximum Gasteiger partial charge on any atom is 0.202 e. The van der Waals surface area contributed by atoms with Gasteiger partial charge in [0.15, 0.2) is 0 Å². The third-order valence-corrected chi connectivity index (χ3v) is 2.80. The van der Waals surface area contributed by atoms with Gasteiger partial charge in [0.05, 0.1) is 0 Å². The summed E-state index contributed by atoms with van der Waals surface area (Å²) in [6, 6.07) is 0. The van der Waals surface area contributed by atoms with Crippen LogP contribution in [0.15, 0.2) is 0 Å². The van der Waals surface area contributed by atoms with Crippen LogP contribution in [-0.4, -0.2) is 27.6 Å². The molecule has 1 heterocycles. The van der Waals surface area contributed by atoms with Crippen molar-refractivity contribution in [3.63, 3.8) is 0 Å². The van der Waals surface area contributed by atoms with E-state index in [0.29, 0.717) is 6.54 Å². The van der Waals surface area contributed by atoms with Crippen LogP contribution in [0.3, 0.4) is 0 Å². The smallest absolute Gasteiger partial charge is 0.202 e. The molecule has 0 spiro atoms. The van der Waals surface area contributed by atoms with Crippen LogP contribution in [0.1, 0.15) is 33.0 Å². The summed E-state index contributed by atoms with van der Waals surface area (Å²) in [6.45, 7) is 7.01. The van der Waals surface area contributed by atoms with Crippen molar-refractivity contribution < 1.29 is 5.11 Å². The fraction of sp³-hybridized carbons (Fsp3) is 0.800. The molecular weight excluding hydrogens is 210 g/mol. The minimum Gasteiger partial charge on any atom is -0.396 e. The predicted molar refractivity (Wildman–Crippen MR) is 63.3 cm³/mol. The lowest BCUT2D eigenvalue weighted by atomic mass is 9.95. The highest BCUT2D eigenvalue weighted by atomic mass is 32.1. The number of nitrogens with zero attached hydrogens (tertiary/aromatic N) is 2. The fourth-order valence-electron chi connectivity index (χ4n) is 1.02. The van der Waals surface area contributed by atoms with Gasteiger partial charge in [-0.2, -0.15) is 4.37 Å². The Morgan fingerprint density at radius 2 is 2.20 bits per heavy atom. The van der Waals surface area contributed by atoms with Gasteiger partial charge in [-0.1, -0.05) is 20.8 Å². The SMILES string of the molecule is CCCc1nsc(NCC(C)(C)CO)n1. The quantitative estimate of drug-likeness (QED) is 0.782. The molecule has 2 N–H and O–H groups in total. The number of aliphatic hydroxyl groups is 1. The van der Waals surface area contributed by atoms with Gasteiger partial charge in [-0.15, -0.1) is 0 Å². The first-order chi connectivity index (χ1) is 7.07. The van der Waals surface area contributed by atoms with Gasteiger partial charge in [0.25, 0.3) is 0 Å². The molecule has 0 saturated carbocycles. The molecule has 4 nitrogen and oxygen atoms in total. The fourth-order valence-corrected chi connectivity index (χ4v) is 1.63. The zero-order valence-corrected chi connectivity index (χ0v) is 10.4. The highest BCUT2D eigenvalue weighted by molar-refractivity contribution is 7.09. The largest absolute Gasteiger partial charge is 0.396 e. The van der Waals surface area contributed by atoms with Crippen molar-refractivity contribution >= 4 is 16.7 Å². The number of aromatic nitrogens is 2. The van der Waals surface area contributed by atoms with Gasteiger partial charge in [-0.05, 0) is 6.42 Å². The van der Waals surface area contributed by atoms with Gasteiger partial charge in [-0.3, -0.25) is 0 Å². The van der Waals surface area contributed by atoms with Crippen LogP contribution in [0.5, 0.6) is 0 Å². The molecule has 15 heavy (non-hydrogen) atoms. The zero-order chi connectivity index (χ0) is 11.3. The van der Waals surface area contributed by atoms with Crippen molar-refractivity contribution in [2.24, 2.45) is 5.41 Å². The van der Waals surface area contributed by atoms with E-state index in [4.69, 9.17) is 5.11 Å². The van der Waals surface area contributed by atoms with Gasteiger partial charge in [0, 0.05) is 36.5 Å². The lowest BCUT2D eigenvalue weighted by Gasteiger charge is -2.21. The molecule has 0 aliphatic carbocycles. The molecule has 1 aromatic rings. The first-order valence-corrected chi connectivity index (χ1v) is 6.02. The van der Waals surface area contributed by atoms with Crippen LogP contribution in [-0.2, 0) is 6.42 Å². The summed E-state index contributed by atoms with van der Waals surface area (Å²) in [5.74, 6) is 0.909. The Labute approximate surface area is 94.9 Å². The highest BCUT2D eigenvalue weighted by Crippen LogP contribution is 2.17. The molecule has 0 aliphatic rings. The summed E-state index contributed by atoms with van der Waals surface area (Å²) in [6.07, 6.45) is 2.00. The summed E-state index contributed by atoms with van der Waals surface area (Å²) in [4.78, 5) is 4.35. The molecule has 86 valence electrons. The molecule has 0 bridgehead atoms. The van der Waals surface area contributed by atoms with Crippen molar-refractivity contribution in [3.8, 4) is 0 Å². The maximum absolute atomic E-state index is 9.09. The maximum atomic E-state index is 9.09. The van der Waals surface area contributed by atoms with E-state index in [9.17, 15) is 0 Å². The van der Waals surface area contributed by atoms with Gasteiger partial charge < -0.3 is 10.4 Å². The Morgan fingerprint density at radius 1 is 1.47 bits per heavy atom. The van der Waals surface area contributed by atoms with E-state index >= 15 is 0 Å². The molecule has 0 radical (unpaired) electrons. The summed E-state index contributed by atoms with van der Waals surface area (Å²) in [5, 5.41) is 13.1. The second-order valence-corrected chi connectivity index (χ2v) is 5.19. The summed E-state index contributed by atoms with van der Waals surface area (Å²) >= 11 is 1.39. The predicted octanol–water partition coefficient (Wildman–Crippen LogP) is 1.92. The Kier molecular flexibility index (Phi) is 4.47. The van der Waals surface area contributed by atoms with E-state index in [1.807, 2.05) is 13.8 Å². The number of nitrogens with one attached hydrogen (secondary N) is 1. The van der Waals surface area contributed by atoms with Crippen LogP contribution < -0.4 is 5.32 Å². The van der Waals surface area contributed by atoms with Crippen molar-refractivity contribution in [2.75, 3.05) is 18.5 Å². The van der Waals surface area contributed by atoms with Crippen LogP contribution in [0.4, 0.5) is 5.13 Å². The van der Waals surface area contributed by atoms with Crippen molar-refractivity contribution in [3.05, 3.63) is 5.82 Å². The minimum atomic E-state index is -0.114. The first kappa shape index (κ1) is 12.4. The van der Waals surface area contributed by atoms with Crippen molar-refractivity contribution in [1.29, 1.82) is 0 Å². The number of aliphatic hydroxyl groups excluding tert-OH is 1. The monoisotopic (exact) mass is 229 g/mol. The van der Waals surface area contributed by atoms with E-state index in [0.717, 1.165) is 23.8 Å². The molecule has 5 heteroatoms. The van der Waals surface area contributed by atoms with E-state index in [-0.39, 0.29) is 12.0 Å². The standard InChI is InChI=1S/C10H19N3OS/c1-4-5-8-12-9(15-13-8)11-6-10(2,3)7-14/h14H,4-7H2,1-3H3,(H,11,12,13). The van der Waals surface area contributed by atoms with Gasteiger partial charge in [0.2, 0.25) is 5.13 Å². The lowest BCUT2D eigenvalue weighted by molar-refractivity contribution is 0.171. The topological polar surface area (TPSA) is 58.0 Å². The second kappa shape index (κ2) is 5.42. The molecular formula is C10H19N3OS. The van der Waals surface area contributed by atoms with Crippen molar-refractivity contribution in [2.45, 2.75) is 33.6 Å². The number of hydrogen-bond acceptors (Lipinski definition) is 5. The number of anilines is 1. The molecule has 0 aromatic carbocycles. The first-order valence-electron chi connectivity index (χ1n) is 5.25. The molecule has 0 fully saturated rings. The number of aryl methyl sites for hydroxylation is 1. The number of hydrogen-bond donors (Lipinski definition) is 2. The van der Waals surface area contributed by atoms with Gasteiger partial charge >= 0.3 is 0 Å².